The molecule has 0 aromatic heterocycles. The molecule has 2 aromatic rings. The number of fused-ring (bicyclic) bond motifs is 3. The van der Waals surface area contributed by atoms with Crippen molar-refractivity contribution >= 4 is 29.0 Å². The maximum Gasteiger partial charge on any atom is 0.0793 e. The lowest BCUT2D eigenvalue weighted by Crippen LogP contribution is -2.46. The molecule has 0 radical (unpaired) electrons. The first kappa shape index (κ1) is 11.8. The van der Waals surface area contributed by atoms with Gasteiger partial charge in [-0.3, -0.25) is 0 Å². The van der Waals surface area contributed by atoms with Gasteiger partial charge in [0.1, 0.15) is 0 Å². The first-order valence-electron chi connectivity index (χ1n) is 6.89. The summed E-state index contributed by atoms with van der Waals surface area (Å²) in [6.07, 6.45) is 0. The van der Waals surface area contributed by atoms with Gasteiger partial charge in [-0.05, 0) is 27.6 Å². The van der Waals surface area contributed by atoms with E-state index in [2.05, 4.69) is 70.9 Å². The average molecular weight is 228 g/mol. The molecule has 0 spiro atoms. The van der Waals surface area contributed by atoms with Gasteiger partial charge >= 0.3 is 0 Å². The Hall–Kier alpha value is -1.30. The Bertz CT molecular complexity index is 548. The minimum Gasteiger partial charge on any atom is -0.0619 e. The van der Waals surface area contributed by atoms with Crippen LogP contribution in [0.5, 0.6) is 0 Å². The van der Waals surface area contributed by atoms with Gasteiger partial charge in [0.2, 0.25) is 0 Å². The Morgan fingerprint density at radius 2 is 1.39 bits per heavy atom. The van der Waals surface area contributed by atoms with Crippen molar-refractivity contribution in [2.45, 2.75) is 12.2 Å². The van der Waals surface area contributed by atoms with Gasteiger partial charge in [-0.15, -0.1) is 0 Å². The summed E-state index contributed by atoms with van der Waals surface area (Å²) in [5, 5.41) is 0.169. The van der Waals surface area contributed by atoms with Gasteiger partial charge in [0.15, 0.2) is 0 Å². The molecule has 0 atom stereocenters. The van der Waals surface area contributed by atoms with E-state index in [1.807, 2.05) is 0 Å². The zero-order valence-electron chi connectivity index (χ0n) is 11.4. The quantitative estimate of drug-likeness (QED) is 0.660. The molecule has 0 aliphatic heterocycles. The van der Waals surface area contributed by atoms with E-state index in [1.54, 1.807) is 0 Å². The number of rotatable bonds is 2. The van der Waals surface area contributed by atoms with Crippen LogP contribution >= 0.6 is 0 Å². The standard InChI is InChI=1S/C14H16B4/c1-14(18(16)17-15)12-8-4-2-6-10(12)11-7-3-5-9-13(11)14/h2-9,17H,15-16H2,1H3. The number of benzene rings is 2. The molecule has 1 aliphatic carbocycles. The van der Waals surface area contributed by atoms with E-state index in [0.717, 1.165) is 0 Å². The molecule has 0 N–H and O–H groups in total. The zero-order chi connectivity index (χ0) is 12.8. The molecule has 3 rings (SSSR count). The highest BCUT2D eigenvalue weighted by atomic mass is 14.3. The zero-order valence-corrected chi connectivity index (χ0v) is 11.4. The predicted octanol–water partition coefficient (Wildman–Crippen LogP) is 0.618. The molecule has 0 bridgehead atoms. The molecule has 0 saturated heterocycles. The van der Waals surface area contributed by atoms with Gasteiger partial charge in [-0.1, -0.05) is 55.5 Å². The van der Waals surface area contributed by atoms with Gasteiger partial charge in [-0.25, -0.2) is 0 Å². The van der Waals surface area contributed by atoms with Crippen LogP contribution < -0.4 is 0 Å². The van der Waals surface area contributed by atoms with Crippen LogP contribution in [0.3, 0.4) is 0 Å². The molecule has 0 saturated carbocycles. The minimum atomic E-state index is 0.169. The second-order valence-corrected chi connectivity index (χ2v) is 5.60. The van der Waals surface area contributed by atoms with Crippen LogP contribution in [-0.2, 0) is 5.31 Å². The van der Waals surface area contributed by atoms with Gasteiger partial charge < -0.3 is 0 Å². The third-order valence-electron chi connectivity index (χ3n) is 4.86. The van der Waals surface area contributed by atoms with Crippen molar-refractivity contribution in [2.75, 3.05) is 0 Å². The fourth-order valence-corrected chi connectivity index (χ4v) is 3.43. The lowest BCUT2D eigenvalue weighted by Gasteiger charge is -2.32. The third-order valence-corrected chi connectivity index (χ3v) is 4.86. The Balaban J connectivity index is 2.33. The molecule has 0 amide bonds. The topological polar surface area (TPSA) is 0 Å². The van der Waals surface area contributed by atoms with Gasteiger partial charge in [0.25, 0.3) is 0 Å². The second-order valence-electron chi connectivity index (χ2n) is 5.60. The van der Waals surface area contributed by atoms with Crippen molar-refractivity contribution < 1.29 is 0 Å². The largest absolute Gasteiger partial charge is 0.0793 e. The van der Waals surface area contributed by atoms with E-state index in [0.29, 0.717) is 6.49 Å². The predicted molar refractivity (Wildman–Crippen MR) is 88.3 cm³/mol. The van der Waals surface area contributed by atoms with Crippen LogP contribution in [0.15, 0.2) is 48.5 Å². The van der Waals surface area contributed by atoms with Crippen LogP contribution in [0.1, 0.15) is 18.1 Å². The normalized spacial score (nSPS) is 14.7. The Kier molecular flexibility index (Phi) is 2.69. The van der Waals surface area contributed by atoms with Crippen molar-refractivity contribution in [3.63, 3.8) is 0 Å². The first-order chi connectivity index (χ1) is 8.69. The minimum absolute atomic E-state index is 0.169. The summed E-state index contributed by atoms with van der Waals surface area (Å²) in [6.45, 7) is 3.06. The van der Waals surface area contributed by atoms with Gasteiger partial charge in [-0.2, -0.15) is 0 Å². The highest BCUT2D eigenvalue weighted by Gasteiger charge is 2.42. The molecule has 1 aliphatic rings. The number of hydrogen-bond donors (Lipinski definition) is 0. The van der Waals surface area contributed by atoms with E-state index < -0.39 is 0 Å². The Morgan fingerprint density at radius 1 is 0.944 bits per heavy atom. The molecular formula is C14H16B4. The fourth-order valence-electron chi connectivity index (χ4n) is 3.43. The fraction of sp³-hybridized carbons (Fsp3) is 0.143. The molecule has 0 nitrogen and oxygen atoms in total. The summed E-state index contributed by atoms with van der Waals surface area (Å²) >= 11 is 0. The molecular weight excluding hydrogens is 211 g/mol. The van der Waals surface area contributed by atoms with Crippen LogP contribution in [0.2, 0.25) is 0 Å². The van der Waals surface area contributed by atoms with Crippen molar-refractivity contribution in [1.82, 2.24) is 0 Å². The van der Waals surface area contributed by atoms with E-state index in [1.165, 1.54) is 29.3 Å². The molecule has 0 unspecified atom stereocenters. The average Bonchev–Trinajstić information content (AvgIpc) is 2.70. The van der Waals surface area contributed by atoms with Crippen molar-refractivity contribution in [1.29, 1.82) is 0 Å². The monoisotopic (exact) mass is 228 g/mol. The molecule has 2 aromatic carbocycles. The lowest BCUT2D eigenvalue weighted by molar-refractivity contribution is 0.839. The smallest absolute Gasteiger partial charge is 0.0619 e. The molecule has 4 heteroatoms. The Labute approximate surface area is 112 Å². The summed E-state index contributed by atoms with van der Waals surface area (Å²) in [7, 11) is 5.87. The highest BCUT2D eigenvalue weighted by Crippen LogP contribution is 2.48. The summed E-state index contributed by atoms with van der Waals surface area (Å²) in [4.78, 5) is 0. The van der Waals surface area contributed by atoms with Crippen LogP contribution in [0.4, 0.5) is 0 Å². The van der Waals surface area contributed by atoms with Crippen LogP contribution in [-0.4, -0.2) is 29.0 Å². The van der Waals surface area contributed by atoms with E-state index >= 15 is 0 Å². The summed E-state index contributed by atoms with van der Waals surface area (Å²) in [6, 6.07) is 17.8. The maximum absolute atomic E-state index is 2.41. The van der Waals surface area contributed by atoms with Gasteiger partial charge in [0, 0.05) is 7.06 Å². The van der Waals surface area contributed by atoms with Crippen LogP contribution in [0.25, 0.3) is 11.1 Å². The SMILES string of the molecule is BBB(B)C1(C)c2ccccc2-c2ccccc21. The van der Waals surface area contributed by atoms with Crippen molar-refractivity contribution in [2.24, 2.45) is 0 Å². The van der Waals surface area contributed by atoms with Gasteiger partial charge in [0.05, 0.1) is 22.0 Å². The second kappa shape index (κ2) is 4.12. The molecule has 0 heterocycles. The first-order valence-corrected chi connectivity index (χ1v) is 6.89. The Morgan fingerprint density at radius 3 is 1.83 bits per heavy atom. The number of hydrogen-bond acceptors (Lipinski definition) is 0. The van der Waals surface area contributed by atoms with Crippen molar-refractivity contribution in [3.8, 4) is 11.1 Å². The molecule has 18 heavy (non-hydrogen) atoms. The molecule has 84 valence electrons. The van der Waals surface area contributed by atoms with Crippen molar-refractivity contribution in [3.05, 3.63) is 59.7 Å². The maximum atomic E-state index is 2.41. The lowest BCUT2D eigenvalue weighted by atomic mass is 8.98. The highest BCUT2D eigenvalue weighted by molar-refractivity contribution is 7.47. The summed E-state index contributed by atoms with van der Waals surface area (Å²) in [5.41, 5.74) is 5.85. The van der Waals surface area contributed by atoms with Crippen LogP contribution in [0, 0.1) is 0 Å². The third kappa shape index (κ3) is 1.38. The van der Waals surface area contributed by atoms with E-state index in [-0.39, 0.29) is 5.31 Å². The summed E-state index contributed by atoms with van der Waals surface area (Å²) in [5.74, 6) is 0. The summed E-state index contributed by atoms with van der Waals surface area (Å²) < 4.78 is 0. The van der Waals surface area contributed by atoms with E-state index in [9.17, 15) is 0 Å². The molecule has 0 fully saturated rings. The van der Waals surface area contributed by atoms with E-state index in [4.69, 9.17) is 0 Å².